The Kier molecular flexibility index (Phi) is 4.06. The highest BCUT2D eigenvalue weighted by atomic mass is 35.5. The second kappa shape index (κ2) is 5.75. The zero-order chi connectivity index (χ0) is 13.8. The second-order valence-electron chi connectivity index (χ2n) is 3.89. The topological polar surface area (TPSA) is 66.6 Å². The van der Waals surface area contributed by atoms with Crippen LogP contribution in [-0.4, -0.2) is 22.6 Å². The number of carbonyl (C=O) groups is 1. The molecule has 100 valence electrons. The Morgan fingerprint density at radius 3 is 2.89 bits per heavy atom. The Labute approximate surface area is 115 Å². The highest BCUT2D eigenvalue weighted by molar-refractivity contribution is 6.35. The minimum absolute atomic E-state index is 0.0459. The summed E-state index contributed by atoms with van der Waals surface area (Å²) in [5.41, 5.74) is 0.0459. The summed E-state index contributed by atoms with van der Waals surface area (Å²) >= 11 is 6.10. The van der Waals surface area contributed by atoms with Crippen molar-refractivity contribution in [2.75, 3.05) is 11.4 Å². The van der Waals surface area contributed by atoms with Gasteiger partial charge in [-0.05, 0) is 25.1 Å². The van der Waals surface area contributed by atoms with Crippen LogP contribution in [0.25, 0.3) is 0 Å². The molecule has 0 fully saturated rings. The van der Waals surface area contributed by atoms with E-state index in [1.165, 1.54) is 12.3 Å². The van der Waals surface area contributed by atoms with E-state index in [1.54, 1.807) is 12.3 Å². The van der Waals surface area contributed by atoms with Crippen molar-refractivity contribution in [3.05, 3.63) is 47.0 Å². The van der Waals surface area contributed by atoms with Crippen LogP contribution in [0.1, 0.15) is 23.0 Å². The molecule has 19 heavy (non-hydrogen) atoms. The first kappa shape index (κ1) is 13.4. The van der Waals surface area contributed by atoms with Crippen molar-refractivity contribution in [1.29, 1.82) is 0 Å². The summed E-state index contributed by atoms with van der Waals surface area (Å²) in [6.45, 7) is 3.06. The number of carboxylic acid groups (broad SMARTS) is 1. The molecule has 2 heterocycles. The van der Waals surface area contributed by atoms with Crippen molar-refractivity contribution < 1.29 is 14.3 Å². The lowest BCUT2D eigenvalue weighted by atomic mass is 10.2. The predicted octanol–water partition coefficient (Wildman–Crippen LogP) is 3.05. The molecule has 1 N–H and O–H groups in total. The van der Waals surface area contributed by atoms with Crippen LogP contribution in [0.5, 0.6) is 0 Å². The number of anilines is 1. The maximum absolute atomic E-state index is 11.1. The van der Waals surface area contributed by atoms with Crippen molar-refractivity contribution in [3.8, 4) is 0 Å². The molecule has 0 atom stereocenters. The molecule has 0 saturated heterocycles. The molecule has 2 aromatic rings. The third-order valence-corrected chi connectivity index (χ3v) is 3.08. The van der Waals surface area contributed by atoms with E-state index in [0.717, 1.165) is 5.76 Å². The number of rotatable bonds is 5. The molecule has 2 rings (SSSR count). The summed E-state index contributed by atoms with van der Waals surface area (Å²) in [5.74, 6) is 0.142. The maximum atomic E-state index is 11.1. The summed E-state index contributed by atoms with van der Waals surface area (Å²) in [5, 5.41) is 9.19. The average Bonchev–Trinajstić information content (AvgIpc) is 2.89. The quantitative estimate of drug-likeness (QED) is 0.912. The van der Waals surface area contributed by atoms with Crippen LogP contribution in [0.4, 0.5) is 5.82 Å². The molecule has 0 unspecified atom stereocenters. The third-order valence-electron chi connectivity index (χ3n) is 2.71. The molecule has 0 radical (unpaired) electrons. The van der Waals surface area contributed by atoms with Crippen LogP contribution in [0, 0.1) is 0 Å². The number of aromatic nitrogens is 1. The number of hydrogen-bond acceptors (Lipinski definition) is 4. The Balaban J connectivity index is 2.33. The van der Waals surface area contributed by atoms with Gasteiger partial charge in [-0.2, -0.15) is 0 Å². The van der Waals surface area contributed by atoms with Crippen molar-refractivity contribution >= 4 is 23.4 Å². The lowest BCUT2D eigenvalue weighted by molar-refractivity contribution is 0.0697. The van der Waals surface area contributed by atoms with Crippen LogP contribution >= 0.6 is 11.6 Å². The molecule has 0 aliphatic carbocycles. The summed E-state index contributed by atoms with van der Waals surface area (Å²) in [6, 6.07) is 5.03. The van der Waals surface area contributed by atoms with E-state index < -0.39 is 5.97 Å². The van der Waals surface area contributed by atoms with Gasteiger partial charge in [0.1, 0.15) is 11.6 Å². The monoisotopic (exact) mass is 280 g/mol. The molecule has 5 nitrogen and oxygen atoms in total. The summed E-state index contributed by atoms with van der Waals surface area (Å²) in [4.78, 5) is 17.1. The molecule has 0 spiro atoms. The largest absolute Gasteiger partial charge is 0.478 e. The molecule has 0 aromatic carbocycles. The van der Waals surface area contributed by atoms with Crippen LogP contribution in [0.15, 0.2) is 35.1 Å². The van der Waals surface area contributed by atoms with Gasteiger partial charge < -0.3 is 14.4 Å². The Morgan fingerprint density at radius 1 is 1.53 bits per heavy atom. The summed E-state index contributed by atoms with van der Waals surface area (Å²) < 4.78 is 5.28. The van der Waals surface area contributed by atoms with E-state index in [1.807, 2.05) is 17.9 Å². The van der Waals surface area contributed by atoms with Gasteiger partial charge in [-0.25, -0.2) is 9.78 Å². The second-order valence-corrected chi connectivity index (χ2v) is 4.27. The highest BCUT2D eigenvalue weighted by Gasteiger charge is 2.18. The van der Waals surface area contributed by atoms with E-state index in [0.29, 0.717) is 18.9 Å². The van der Waals surface area contributed by atoms with Gasteiger partial charge in [0.05, 0.1) is 23.4 Å². The molecule has 0 amide bonds. The highest BCUT2D eigenvalue weighted by Crippen LogP contribution is 2.28. The molecule has 0 saturated carbocycles. The lowest BCUT2D eigenvalue weighted by Gasteiger charge is -2.22. The van der Waals surface area contributed by atoms with Crippen molar-refractivity contribution in [3.63, 3.8) is 0 Å². The molecule has 0 bridgehead atoms. The number of halogens is 1. The van der Waals surface area contributed by atoms with E-state index >= 15 is 0 Å². The average molecular weight is 281 g/mol. The fourth-order valence-corrected chi connectivity index (χ4v) is 2.06. The zero-order valence-corrected chi connectivity index (χ0v) is 11.1. The Hall–Kier alpha value is -2.01. The number of aromatic carboxylic acids is 1. The first-order chi connectivity index (χ1) is 9.13. The van der Waals surface area contributed by atoms with Crippen molar-refractivity contribution in [2.24, 2.45) is 0 Å². The first-order valence-corrected chi connectivity index (χ1v) is 6.16. The zero-order valence-electron chi connectivity index (χ0n) is 10.3. The van der Waals surface area contributed by atoms with Gasteiger partial charge >= 0.3 is 5.97 Å². The molecular formula is C13H13ClN2O3. The van der Waals surface area contributed by atoms with Crippen LogP contribution in [0.3, 0.4) is 0 Å². The maximum Gasteiger partial charge on any atom is 0.337 e. The molecule has 0 aliphatic rings. The summed E-state index contributed by atoms with van der Waals surface area (Å²) in [6.07, 6.45) is 3.03. The molecular weight excluding hydrogens is 268 g/mol. The number of nitrogens with zero attached hydrogens (tertiary/aromatic N) is 2. The van der Waals surface area contributed by atoms with Gasteiger partial charge in [0.15, 0.2) is 0 Å². The van der Waals surface area contributed by atoms with Crippen molar-refractivity contribution in [1.82, 2.24) is 4.98 Å². The van der Waals surface area contributed by atoms with E-state index in [9.17, 15) is 4.79 Å². The van der Waals surface area contributed by atoms with Gasteiger partial charge in [-0.1, -0.05) is 11.6 Å². The first-order valence-electron chi connectivity index (χ1n) is 5.78. The number of pyridine rings is 1. The molecule has 0 aliphatic heterocycles. The van der Waals surface area contributed by atoms with E-state index in [2.05, 4.69) is 4.98 Å². The van der Waals surface area contributed by atoms with Crippen LogP contribution in [0.2, 0.25) is 5.02 Å². The van der Waals surface area contributed by atoms with E-state index in [-0.39, 0.29) is 10.6 Å². The smallest absolute Gasteiger partial charge is 0.337 e. The fourth-order valence-electron chi connectivity index (χ4n) is 1.75. The minimum Gasteiger partial charge on any atom is -0.478 e. The SMILES string of the molecule is CCN(Cc1ccco1)c1nccc(C(=O)O)c1Cl. The number of furan rings is 1. The van der Waals surface area contributed by atoms with Crippen LogP contribution in [-0.2, 0) is 6.54 Å². The third kappa shape index (κ3) is 2.88. The van der Waals surface area contributed by atoms with Gasteiger partial charge in [-0.3, -0.25) is 0 Å². The lowest BCUT2D eigenvalue weighted by Crippen LogP contribution is -2.23. The normalized spacial score (nSPS) is 10.4. The number of carboxylic acids is 1. The minimum atomic E-state index is -1.07. The van der Waals surface area contributed by atoms with Crippen LogP contribution < -0.4 is 4.90 Å². The van der Waals surface area contributed by atoms with Crippen molar-refractivity contribution in [2.45, 2.75) is 13.5 Å². The summed E-state index contributed by atoms with van der Waals surface area (Å²) in [7, 11) is 0. The Morgan fingerprint density at radius 2 is 2.32 bits per heavy atom. The predicted molar refractivity (Wildman–Crippen MR) is 71.6 cm³/mol. The number of hydrogen-bond donors (Lipinski definition) is 1. The van der Waals surface area contributed by atoms with Gasteiger partial charge in [0.25, 0.3) is 0 Å². The standard InChI is InChI=1S/C13H13ClN2O3/c1-2-16(8-9-4-3-7-19-9)12-11(14)10(13(17)18)5-6-15-12/h3-7H,2,8H2,1H3,(H,17,18). The molecule has 2 aromatic heterocycles. The molecule has 6 heteroatoms. The van der Waals surface area contributed by atoms with Gasteiger partial charge in [0, 0.05) is 12.7 Å². The van der Waals surface area contributed by atoms with Gasteiger partial charge in [-0.15, -0.1) is 0 Å². The van der Waals surface area contributed by atoms with Gasteiger partial charge in [0.2, 0.25) is 0 Å². The van der Waals surface area contributed by atoms with E-state index in [4.69, 9.17) is 21.1 Å². The fraction of sp³-hybridized carbons (Fsp3) is 0.231. The Bertz CT molecular complexity index is 569.